The molecule has 0 aromatic heterocycles. The molecule has 0 saturated heterocycles. The summed E-state index contributed by atoms with van der Waals surface area (Å²) in [7, 11) is -54.8. The maximum absolute atomic E-state index is 13.4. The molecule has 0 heterocycles. The Morgan fingerprint density at radius 1 is 0.218 bits per heavy atom. The zero-order valence-electron chi connectivity index (χ0n) is 44.3. The lowest BCUT2D eigenvalue weighted by atomic mass is 10.2. The summed E-state index contributed by atoms with van der Waals surface area (Å²) in [6, 6.07) is 0. The van der Waals surface area contributed by atoms with Crippen LogP contribution in [-0.4, -0.2) is 229 Å². The van der Waals surface area contributed by atoms with Gasteiger partial charge in [-0.25, -0.2) is 50.2 Å². The zero-order chi connectivity index (χ0) is 66.8. The van der Waals surface area contributed by atoms with Crippen LogP contribution in [0.5, 0.6) is 0 Å². The molecule has 0 radical (unpaired) electrons. The summed E-state index contributed by atoms with van der Waals surface area (Å²) in [4.78, 5) is 114. The number of aliphatic hydroxyl groups is 1. The Hall–Kier alpha value is 0.960. The molecule has 524 valence electrons. The van der Waals surface area contributed by atoms with Gasteiger partial charge in [-0.1, -0.05) is 0 Å². The van der Waals surface area contributed by atoms with E-state index in [9.17, 15) is 112 Å². The summed E-state index contributed by atoms with van der Waals surface area (Å²) in [6.45, 7) is -23.8. The van der Waals surface area contributed by atoms with E-state index in [4.69, 9.17) is 14.9 Å². The molecule has 0 bridgehead atoms. The third-order valence-corrected chi connectivity index (χ3v) is 18.6. The predicted molar refractivity (Wildman–Crippen MR) is 271 cm³/mol. The van der Waals surface area contributed by atoms with Gasteiger partial charge in [-0.15, -0.1) is 0 Å². The second-order valence-corrected chi connectivity index (χ2v) is 31.0. The normalized spacial score (nSPS) is 20.6. The van der Waals surface area contributed by atoms with Gasteiger partial charge in [0.2, 0.25) is 0 Å². The molecule has 45 nitrogen and oxygen atoms in total. The third-order valence-electron chi connectivity index (χ3n) is 8.02. The van der Waals surface area contributed by atoms with Gasteiger partial charge in [0.25, 0.3) is 0 Å². The van der Waals surface area contributed by atoms with Crippen molar-refractivity contribution in [3.8, 4) is 0 Å². The first-order valence-corrected chi connectivity index (χ1v) is 39.6. The van der Waals surface area contributed by atoms with Gasteiger partial charge in [0.1, 0.15) is 0 Å². The largest absolute Gasteiger partial charge is 0.472 e. The third kappa shape index (κ3) is 51.0. The van der Waals surface area contributed by atoms with Gasteiger partial charge in [-0.2, -0.15) is 0 Å². The quantitative estimate of drug-likeness (QED) is 0.0306. The van der Waals surface area contributed by atoms with E-state index in [-0.39, 0.29) is 0 Å². The lowest BCUT2D eigenvalue weighted by molar-refractivity contribution is 0.0635. The van der Waals surface area contributed by atoms with Gasteiger partial charge >= 0.3 is 86.0 Å². The first kappa shape index (κ1) is 88.0. The molecule has 0 fully saturated rings. The van der Waals surface area contributed by atoms with E-state index in [1.54, 1.807) is 0 Å². The van der Waals surface area contributed by atoms with Crippen LogP contribution in [-0.2, 0) is 145 Å². The smallest absolute Gasteiger partial charge is 0.396 e. The van der Waals surface area contributed by atoms with Crippen LogP contribution < -0.4 is 0 Å². The molecule has 59 heteroatoms. The molecule has 87 heavy (non-hydrogen) atoms. The van der Waals surface area contributed by atoms with Crippen molar-refractivity contribution >= 4 is 86.0 Å². The molecular formula is C28H66F3O45P11. The Morgan fingerprint density at radius 3 is 0.471 bits per heavy atom. The minimum atomic E-state index is -5.07. The minimum absolute atomic E-state index is 0.705. The van der Waals surface area contributed by atoms with Crippen LogP contribution in [0.25, 0.3) is 0 Å². The highest BCUT2D eigenvalue weighted by atomic mass is 31.2. The number of alkyl halides is 3. The molecule has 13 atom stereocenters. The Kier molecular flexibility index (Phi) is 43.7. The highest BCUT2D eigenvalue weighted by Crippen LogP contribution is 2.52. The van der Waals surface area contributed by atoms with Gasteiger partial charge in [0.05, 0.1) is 165 Å². The van der Waals surface area contributed by atoms with Gasteiger partial charge in [0, 0.05) is 17.8 Å². The van der Waals surface area contributed by atoms with Crippen LogP contribution in [0.2, 0.25) is 0 Å². The molecule has 13 N–H and O–H groups in total. The SMILES string of the molecule is O=P(O)(O)OCC(CF)COP(=O)(O)OCCOP(=O)(O)OCCOP(=O)(O)OCCOP(=O)(O)OCCOP(=O)(O)OCCOP(=O)(O)OCCOP(=O)(O)OCCOP(=O)(O)OCC(CF)COP(=O)(O)OCCOP(=O)(O)OCC(CO)CF. The van der Waals surface area contributed by atoms with E-state index < -0.39 is 269 Å². The van der Waals surface area contributed by atoms with Crippen molar-refractivity contribution in [3.63, 3.8) is 0 Å². The number of phosphoric acid groups is 11. The highest BCUT2D eigenvalue weighted by Gasteiger charge is 2.33. The van der Waals surface area contributed by atoms with Gasteiger partial charge in [-0.05, 0) is 0 Å². The molecule has 0 aliphatic carbocycles. The molecule has 0 spiro atoms. The fourth-order valence-corrected chi connectivity index (χ4v) is 11.9. The lowest BCUT2D eigenvalue weighted by Crippen LogP contribution is -2.18. The summed E-state index contributed by atoms with van der Waals surface area (Å²) < 4.78 is 263. The van der Waals surface area contributed by atoms with Crippen molar-refractivity contribution in [2.75, 3.05) is 165 Å². The first-order valence-electron chi connectivity index (χ1n) is 23.1. The second-order valence-electron chi connectivity index (χ2n) is 15.2. The maximum atomic E-state index is 13.4. The van der Waals surface area contributed by atoms with Crippen molar-refractivity contribution in [1.82, 2.24) is 0 Å². The molecule has 0 aromatic rings. The maximum Gasteiger partial charge on any atom is 0.472 e. The van der Waals surface area contributed by atoms with E-state index in [1.807, 2.05) is 0 Å². The molecule has 0 aromatic carbocycles. The average Bonchev–Trinajstić information content (AvgIpc) is 3.52. The van der Waals surface area contributed by atoms with E-state index in [1.165, 1.54) is 0 Å². The monoisotopic (exact) mass is 1520 g/mol. The average molecular weight is 1520 g/mol. The molecule has 0 amide bonds. The summed E-state index contributed by atoms with van der Waals surface area (Å²) >= 11 is 0. The minimum Gasteiger partial charge on any atom is -0.396 e. The summed E-state index contributed by atoms with van der Waals surface area (Å²) in [5.41, 5.74) is 0. The Labute approximate surface area is 490 Å². The van der Waals surface area contributed by atoms with Crippen molar-refractivity contribution < 1.29 is 222 Å². The first-order chi connectivity index (χ1) is 39.9. The van der Waals surface area contributed by atoms with E-state index in [0.29, 0.717) is 0 Å². The van der Waals surface area contributed by atoms with E-state index in [0.717, 1.165) is 0 Å². The second kappa shape index (κ2) is 43.2. The zero-order valence-corrected chi connectivity index (χ0v) is 54.2. The van der Waals surface area contributed by atoms with Crippen LogP contribution >= 0.6 is 86.0 Å². The number of aliphatic hydroxyl groups excluding tert-OH is 1. The van der Waals surface area contributed by atoms with Crippen LogP contribution in [0, 0.1) is 17.8 Å². The fraction of sp³-hybridized carbons (Fsp3) is 1.00. The van der Waals surface area contributed by atoms with E-state index >= 15 is 0 Å². The summed E-state index contributed by atoms with van der Waals surface area (Å²) in [5, 5.41) is 8.86. The van der Waals surface area contributed by atoms with Gasteiger partial charge < -0.3 is 63.8 Å². The Bertz CT molecular complexity index is 2490. The van der Waals surface area contributed by atoms with Gasteiger partial charge in [0.15, 0.2) is 0 Å². The number of hydrogen-bond donors (Lipinski definition) is 13. The topological polar surface area (TPSA) is 645 Å². The molecule has 0 saturated carbocycles. The van der Waals surface area contributed by atoms with Crippen molar-refractivity contribution in [2.24, 2.45) is 17.8 Å². The standard InChI is InChI=1S/C28H66F3O45P11/c29-17-26(20-32)21-73-84(48,49)68-15-16-71-87(54,55)76-25-28(19-31)24-75-86(52,53)70-14-12-67-83(46,47)65-10-8-63-81(42,43)61-6-4-59-79(38,39)57-2-1-56-78(36,37)58-3-5-60-80(40,41)62-7-9-64-82(44,45)66-11-13-69-85(50,51)74-23-27(18-30)22-72-77(33,34)35/h26-28,32H,1-25H2,(H,36,37)(H,38,39)(H,40,41)(H,42,43)(H,44,45)(H,46,47)(H,48,49)(H,50,51)(H,52,53)(H,54,55)(H2,33,34,35). The highest BCUT2D eigenvalue weighted by molar-refractivity contribution is 7.50. The van der Waals surface area contributed by atoms with E-state index in [2.05, 4.69) is 95.0 Å². The number of phosphoric ester groups is 11. The number of rotatable bonds is 59. The summed E-state index contributed by atoms with van der Waals surface area (Å²) in [5.74, 6) is -4.03. The Balaban J connectivity index is 4.35. The van der Waals surface area contributed by atoms with Crippen molar-refractivity contribution in [2.45, 2.75) is 0 Å². The van der Waals surface area contributed by atoms with Crippen LogP contribution in [0.15, 0.2) is 0 Å². The van der Waals surface area contributed by atoms with Crippen LogP contribution in [0.1, 0.15) is 0 Å². The Morgan fingerprint density at radius 2 is 0.345 bits per heavy atom. The van der Waals surface area contributed by atoms with Crippen molar-refractivity contribution in [1.29, 1.82) is 0 Å². The van der Waals surface area contributed by atoms with Crippen LogP contribution in [0.3, 0.4) is 0 Å². The molecule has 0 aliphatic rings. The summed E-state index contributed by atoms with van der Waals surface area (Å²) in [6.07, 6.45) is 0. The lowest BCUT2D eigenvalue weighted by Gasteiger charge is -2.19. The van der Waals surface area contributed by atoms with Gasteiger partial charge in [-0.3, -0.25) is 108 Å². The predicted octanol–water partition coefficient (Wildman–Crippen LogP) is 2.18. The number of hydrogen-bond acceptors (Lipinski definition) is 33. The van der Waals surface area contributed by atoms with Crippen molar-refractivity contribution in [3.05, 3.63) is 0 Å². The molecule has 0 rings (SSSR count). The fourth-order valence-electron chi connectivity index (χ4n) is 4.24. The molecule has 0 aliphatic heterocycles. The van der Waals surface area contributed by atoms with Crippen LogP contribution in [0.4, 0.5) is 13.2 Å². The molecular weight excluding hydrogens is 1450 g/mol. The number of halogens is 3. The molecule has 13 unspecified atom stereocenters.